The molecule has 1 aromatic carbocycles. The van der Waals surface area contributed by atoms with Crippen molar-refractivity contribution < 1.29 is 22.4 Å². The van der Waals surface area contributed by atoms with Crippen molar-refractivity contribution in [2.24, 2.45) is 0 Å². The zero-order chi connectivity index (χ0) is 21.3. The zero-order valence-corrected chi connectivity index (χ0v) is 16.3. The van der Waals surface area contributed by atoms with E-state index in [0.29, 0.717) is 10.2 Å². The normalized spacial score (nSPS) is 12.9. The van der Waals surface area contributed by atoms with Gasteiger partial charge in [-0.1, -0.05) is 12.1 Å². The number of alkyl halides is 3. The third-order valence-corrected chi connectivity index (χ3v) is 5.61. The number of nitrogens with one attached hydrogen (secondary N) is 2. The van der Waals surface area contributed by atoms with Gasteiger partial charge in [-0.05, 0) is 37.1 Å². The summed E-state index contributed by atoms with van der Waals surface area (Å²) in [5.74, 6) is -1.31. The van der Waals surface area contributed by atoms with Crippen LogP contribution in [0.5, 0.6) is 0 Å². The number of rotatable bonds is 5. The molecule has 10 heteroatoms. The van der Waals surface area contributed by atoms with E-state index in [9.17, 15) is 27.2 Å². The Balaban J connectivity index is 1.73. The van der Waals surface area contributed by atoms with E-state index in [1.807, 2.05) is 19.2 Å². The number of amides is 1. The van der Waals surface area contributed by atoms with Crippen molar-refractivity contribution in [1.82, 2.24) is 15.3 Å². The van der Waals surface area contributed by atoms with Crippen LogP contribution in [-0.2, 0) is 11.2 Å². The Labute approximate surface area is 166 Å². The van der Waals surface area contributed by atoms with Gasteiger partial charge in [-0.15, -0.1) is 11.3 Å². The number of aromatic amines is 1. The third-order valence-electron chi connectivity index (χ3n) is 4.51. The molecule has 0 bridgehead atoms. The van der Waals surface area contributed by atoms with Crippen LogP contribution in [-0.4, -0.2) is 22.1 Å². The number of carbonyl (C=O) groups is 1. The van der Waals surface area contributed by atoms with Crippen LogP contribution in [0.25, 0.3) is 10.2 Å². The highest BCUT2D eigenvalue weighted by Gasteiger charge is 2.41. The van der Waals surface area contributed by atoms with Crippen molar-refractivity contribution in [3.05, 3.63) is 62.3 Å². The van der Waals surface area contributed by atoms with Gasteiger partial charge in [0.15, 0.2) is 6.04 Å². The molecule has 0 fully saturated rings. The largest absolute Gasteiger partial charge is 0.412 e. The number of halogens is 4. The van der Waals surface area contributed by atoms with E-state index < -0.39 is 23.9 Å². The fourth-order valence-electron chi connectivity index (χ4n) is 2.89. The highest BCUT2D eigenvalue weighted by Crippen LogP contribution is 2.33. The van der Waals surface area contributed by atoms with E-state index in [4.69, 9.17) is 0 Å². The minimum atomic E-state index is -4.75. The first kappa shape index (κ1) is 21.0. The molecule has 2 heterocycles. The van der Waals surface area contributed by atoms with Gasteiger partial charge < -0.3 is 10.3 Å². The van der Waals surface area contributed by atoms with Gasteiger partial charge in [0.25, 0.3) is 5.56 Å². The fourth-order valence-corrected chi connectivity index (χ4v) is 3.94. The Morgan fingerprint density at radius 1 is 1.24 bits per heavy atom. The van der Waals surface area contributed by atoms with Crippen molar-refractivity contribution in [2.45, 2.75) is 38.9 Å². The number of carbonyl (C=O) groups excluding carboxylic acids is 1. The van der Waals surface area contributed by atoms with Crippen LogP contribution in [0.1, 0.15) is 34.3 Å². The van der Waals surface area contributed by atoms with Crippen LogP contribution in [0.2, 0.25) is 0 Å². The van der Waals surface area contributed by atoms with Gasteiger partial charge in [0.2, 0.25) is 5.91 Å². The second kappa shape index (κ2) is 7.94. The lowest BCUT2D eigenvalue weighted by Gasteiger charge is -2.22. The maximum absolute atomic E-state index is 13.3. The SMILES string of the molecule is Cc1sc2nc(CCC(=O)NC(c3ccc(F)cc3)C(F)(F)F)[nH]c(=O)c2c1C. The molecule has 1 unspecified atom stereocenters. The lowest BCUT2D eigenvalue weighted by Crippen LogP contribution is -2.38. The molecule has 0 spiro atoms. The molecule has 2 aromatic heterocycles. The van der Waals surface area contributed by atoms with E-state index in [0.717, 1.165) is 34.7 Å². The molecule has 3 aromatic rings. The van der Waals surface area contributed by atoms with Gasteiger partial charge in [-0.2, -0.15) is 13.2 Å². The van der Waals surface area contributed by atoms with Crippen molar-refractivity contribution in [1.29, 1.82) is 0 Å². The van der Waals surface area contributed by atoms with Gasteiger partial charge in [-0.3, -0.25) is 9.59 Å². The second-order valence-electron chi connectivity index (χ2n) is 6.57. The number of H-pyrrole nitrogens is 1. The average Bonchev–Trinajstić information content (AvgIpc) is 2.92. The molecule has 29 heavy (non-hydrogen) atoms. The highest BCUT2D eigenvalue weighted by molar-refractivity contribution is 7.18. The number of aryl methyl sites for hydroxylation is 3. The summed E-state index contributed by atoms with van der Waals surface area (Å²) in [7, 11) is 0. The van der Waals surface area contributed by atoms with Gasteiger partial charge in [0.1, 0.15) is 16.5 Å². The van der Waals surface area contributed by atoms with Crippen LogP contribution >= 0.6 is 11.3 Å². The Bertz CT molecular complexity index is 1100. The fraction of sp³-hybridized carbons (Fsp3) is 0.316. The standard InChI is InChI=1S/C19H17F4N3O2S/c1-9-10(2)29-18-15(9)17(28)24-13(25-18)7-8-14(27)26-16(19(21,22)23)11-3-5-12(20)6-4-11/h3-6,16H,7-8H2,1-2H3,(H,26,27)(H,24,25,28). The van der Waals surface area contributed by atoms with E-state index in [1.54, 1.807) is 0 Å². The van der Waals surface area contributed by atoms with E-state index in [1.165, 1.54) is 11.3 Å². The van der Waals surface area contributed by atoms with Crippen LogP contribution in [0, 0.1) is 19.7 Å². The second-order valence-corrected chi connectivity index (χ2v) is 7.77. The quantitative estimate of drug-likeness (QED) is 0.603. The van der Waals surface area contributed by atoms with E-state index in [2.05, 4.69) is 9.97 Å². The molecule has 0 aliphatic carbocycles. The third kappa shape index (κ3) is 4.64. The molecule has 0 aliphatic rings. The van der Waals surface area contributed by atoms with Crippen LogP contribution < -0.4 is 10.9 Å². The van der Waals surface area contributed by atoms with Crippen molar-refractivity contribution in [3.63, 3.8) is 0 Å². The molecule has 2 N–H and O–H groups in total. The van der Waals surface area contributed by atoms with Crippen LogP contribution in [0.3, 0.4) is 0 Å². The molecule has 0 saturated carbocycles. The molecular weight excluding hydrogens is 410 g/mol. The number of fused-ring (bicyclic) bond motifs is 1. The van der Waals surface area contributed by atoms with Crippen LogP contribution in [0.4, 0.5) is 17.6 Å². The van der Waals surface area contributed by atoms with Gasteiger partial charge in [0.05, 0.1) is 5.39 Å². The lowest BCUT2D eigenvalue weighted by atomic mass is 10.1. The number of aromatic nitrogens is 2. The number of hydrogen-bond acceptors (Lipinski definition) is 4. The summed E-state index contributed by atoms with van der Waals surface area (Å²) in [5.41, 5.74) is 0.215. The molecule has 0 aliphatic heterocycles. The summed E-state index contributed by atoms with van der Waals surface area (Å²) in [6, 6.07) is 1.49. The molecule has 0 radical (unpaired) electrons. The molecule has 3 rings (SSSR count). The number of hydrogen-bond donors (Lipinski definition) is 2. The summed E-state index contributed by atoms with van der Waals surface area (Å²) >= 11 is 1.34. The molecular formula is C19H17F4N3O2S. The Morgan fingerprint density at radius 2 is 1.90 bits per heavy atom. The average molecular weight is 427 g/mol. The van der Waals surface area contributed by atoms with Gasteiger partial charge in [-0.25, -0.2) is 9.37 Å². The highest BCUT2D eigenvalue weighted by atomic mass is 32.1. The van der Waals surface area contributed by atoms with E-state index in [-0.39, 0.29) is 29.8 Å². The molecule has 1 atom stereocenters. The smallest absolute Gasteiger partial charge is 0.341 e. The molecule has 154 valence electrons. The predicted octanol–water partition coefficient (Wildman–Crippen LogP) is 4.09. The van der Waals surface area contributed by atoms with Crippen LogP contribution in [0.15, 0.2) is 29.1 Å². The van der Waals surface area contributed by atoms with Crippen molar-refractivity contribution >= 4 is 27.5 Å². The maximum atomic E-state index is 13.3. The Hall–Kier alpha value is -2.75. The van der Waals surface area contributed by atoms with Crippen molar-refractivity contribution in [2.75, 3.05) is 0 Å². The molecule has 1 amide bonds. The monoisotopic (exact) mass is 427 g/mol. The first-order valence-corrected chi connectivity index (χ1v) is 9.48. The lowest BCUT2D eigenvalue weighted by molar-refractivity contribution is -0.163. The minimum Gasteiger partial charge on any atom is -0.341 e. The summed E-state index contributed by atoms with van der Waals surface area (Å²) in [6.07, 6.45) is -5.07. The topological polar surface area (TPSA) is 74.8 Å². The minimum absolute atomic E-state index is 0.0268. The Kier molecular flexibility index (Phi) is 5.74. The predicted molar refractivity (Wildman–Crippen MR) is 101 cm³/mol. The maximum Gasteiger partial charge on any atom is 0.412 e. The summed E-state index contributed by atoms with van der Waals surface area (Å²) in [6.45, 7) is 3.67. The number of nitrogens with zero attached hydrogens (tertiary/aromatic N) is 1. The number of thiophene rings is 1. The summed E-state index contributed by atoms with van der Waals surface area (Å²) in [4.78, 5) is 32.7. The Morgan fingerprint density at radius 3 is 2.52 bits per heavy atom. The summed E-state index contributed by atoms with van der Waals surface area (Å²) < 4.78 is 53.0. The summed E-state index contributed by atoms with van der Waals surface area (Å²) in [5, 5.41) is 2.41. The van der Waals surface area contributed by atoms with Gasteiger partial charge in [0, 0.05) is 17.7 Å². The van der Waals surface area contributed by atoms with E-state index >= 15 is 0 Å². The first-order valence-electron chi connectivity index (χ1n) is 8.66. The van der Waals surface area contributed by atoms with Crippen molar-refractivity contribution in [3.8, 4) is 0 Å². The molecule has 0 saturated heterocycles. The molecule has 5 nitrogen and oxygen atoms in total. The number of benzene rings is 1. The van der Waals surface area contributed by atoms with Gasteiger partial charge >= 0.3 is 6.18 Å². The zero-order valence-electron chi connectivity index (χ0n) is 15.5. The first-order chi connectivity index (χ1) is 13.6.